The molecule has 5 nitrogen and oxygen atoms in total. The summed E-state index contributed by atoms with van der Waals surface area (Å²) in [6.07, 6.45) is 0. The number of nitrogens with two attached hydrogens (primary N) is 1. The fraction of sp³-hybridized carbons (Fsp3) is 0.0714. The van der Waals surface area contributed by atoms with Crippen LogP contribution in [0, 0.1) is 0 Å². The van der Waals surface area contributed by atoms with Crippen molar-refractivity contribution in [2.24, 2.45) is 0 Å². The molecule has 0 saturated carbocycles. The Kier molecular flexibility index (Phi) is 6.81. The molecule has 0 saturated heterocycles. The Bertz CT molecular complexity index is 1150. The van der Waals surface area contributed by atoms with Crippen molar-refractivity contribution in [1.82, 2.24) is 4.90 Å². The number of nitrogen functional groups attached to an aromatic ring is 1. The summed E-state index contributed by atoms with van der Waals surface area (Å²) in [5.41, 5.74) is 9.52. The van der Waals surface area contributed by atoms with Gasteiger partial charge in [-0.15, -0.1) is 0 Å². The largest absolute Gasteiger partial charge is 0.399 e. The van der Waals surface area contributed by atoms with Crippen LogP contribution in [0.15, 0.2) is 115 Å². The maximum Gasteiger partial charge on any atom is 0.321 e. The number of nitrogens with zero attached hydrogens (tertiary/aromatic N) is 2. The van der Waals surface area contributed by atoms with Gasteiger partial charge in [-0.3, -0.25) is 14.5 Å². The lowest BCUT2D eigenvalue weighted by Gasteiger charge is -2.27. The Morgan fingerprint density at radius 2 is 0.970 bits per heavy atom. The van der Waals surface area contributed by atoms with E-state index in [2.05, 4.69) is 0 Å². The van der Waals surface area contributed by atoms with E-state index in [1.54, 1.807) is 41.3 Å². The summed E-state index contributed by atoms with van der Waals surface area (Å²) in [6, 6.07) is 35.4. The molecule has 0 atom stereocenters. The average Bonchev–Trinajstić information content (AvgIpc) is 2.86. The second kappa shape index (κ2) is 10.3. The first kappa shape index (κ1) is 21.8. The van der Waals surface area contributed by atoms with E-state index < -0.39 is 11.8 Å². The van der Waals surface area contributed by atoms with Crippen molar-refractivity contribution in [3.8, 4) is 0 Å². The van der Waals surface area contributed by atoms with Gasteiger partial charge in [-0.25, -0.2) is 0 Å². The number of amides is 2. The maximum atomic E-state index is 13.7. The molecule has 0 aromatic heterocycles. The molecule has 0 spiro atoms. The third-order valence-electron chi connectivity index (χ3n) is 5.27. The first-order valence-corrected chi connectivity index (χ1v) is 10.7. The number of carbonyl (C=O) groups is 2. The lowest BCUT2D eigenvalue weighted by molar-refractivity contribution is -0.144. The highest BCUT2D eigenvalue weighted by Crippen LogP contribution is 2.27. The fourth-order valence-corrected chi connectivity index (χ4v) is 3.62. The minimum Gasteiger partial charge on any atom is -0.399 e. The third kappa shape index (κ3) is 5.46. The quantitative estimate of drug-likeness (QED) is 0.336. The van der Waals surface area contributed by atoms with Crippen molar-refractivity contribution in [3.05, 3.63) is 126 Å². The molecule has 164 valence electrons. The number of benzene rings is 4. The van der Waals surface area contributed by atoms with Crippen LogP contribution in [0.25, 0.3) is 0 Å². The molecule has 0 unspecified atom stereocenters. The van der Waals surface area contributed by atoms with Crippen LogP contribution >= 0.6 is 0 Å². The number of para-hydroxylation sites is 1. The van der Waals surface area contributed by atoms with E-state index >= 15 is 0 Å². The van der Waals surface area contributed by atoms with Crippen molar-refractivity contribution in [3.63, 3.8) is 0 Å². The highest BCUT2D eigenvalue weighted by atomic mass is 16.2. The molecule has 0 aliphatic heterocycles. The van der Waals surface area contributed by atoms with Gasteiger partial charge in [0.05, 0.1) is 0 Å². The van der Waals surface area contributed by atoms with Crippen LogP contribution in [0.3, 0.4) is 0 Å². The number of anilines is 3. The van der Waals surface area contributed by atoms with Gasteiger partial charge in [0.2, 0.25) is 0 Å². The predicted molar refractivity (Wildman–Crippen MR) is 132 cm³/mol. The van der Waals surface area contributed by atoms with Crippen molar-refractivity contribution >= 4 is 28.9 Å². The van der Waals surface area contributed by atoms with Crippen molar-refractivity contribution in [1.29, 1.82) is 0 Å². The summed E-state index contributed by atoms with van der Waals surface area (Å²) in [7, 11) is 0. The molecule has 33 heavy (non-hydrogen) atoms. The topological polar surface area (TPSA) is 66.6 Å². The first-order valence-electron chi connectivity index (χ1n) is 10.7. The Morgan fingerprint density at radius 3 is 1.45 bits per heavy atom. The van der Waals surface area contributed by atoms with Crippen LogP contribution in [0.1, 0.15) is 11.1 Å². The summed E-state index contributed by atoms with van der Waals surface area (Å²) in [5.74, 6) is -1.21. The fourth-order valence-electron chi connectivity index (χ4n) is 3.62. The van der Waals surface area contributed by atoms with Crippen molar-refractivity contribution < 1.29 is 9.59 Å². The molecule has 0 radical (unpaired) electrons. The van der Waals surface area contributed by atoms with E-state index in [4.69, 9.17) is 5.73 Å². The van der Waals surface area contributed by atoms with Gasteiger partial charge in [0.15, 0.2) is 0 Å². The highest BCUT2D eigenvalue weighted by Gasteiger charge is 2.29. The van der Waals surface area contributed by atoms with Crippen molar-refractivity contribution in [2.45, 2.75) is 13.1 Å². The normalized spacial score (nSPS) is 10.4. The first-order chi connectivity index (χ1) is 16.1. The lowest BCUT2D eigenvalue weighted by atomic mass is 10.1. The second-order valence-electron chi connectivity index (χ2n) is 7.70. The molecule has 2 amide bonds. The molecule has 0 heterocycles. The lowest BCUT2D eigenvalue weighted by Crippen LogP contribution is -2.43. The number of carbonyl (C=O) groups excluding carboxylic acids is 2. The van der Waals surface area contributed by atoms with E-state index in [1.807, 2.05) is 78.9 Å². The van der Waals surface area contributed by atoms with Gasteiger partial charge in [0, 0.05) is 30.2 Å². The molecule has 4 rings (SSSR count). The van der Waals surface area contributed by atoms with Crippen LogP contribution in [-0.2, 0) is 22.7 Å². The highest BCUT2D eigenvalue weighted by molar-refractivity contribution is 6.41. The average molecular weight is 436 g/mol. The van der Waals surface area contributed by atoms with Gasteiger partial charge in [0.1, 0.15) is 0 Å². The van der Waals surface area contributed by atoms with Gasteiger partial charge < -0.3 is 10.6 Å². The number of hydrogen-bond donors (Lipinski definition) is 1. The monoisotopic (exact) mass is 435 g/mol. The molecular weight excluding hydrogens is 410 g/mol. The standard InChI is InChI=1S/C28H25N3O2/c29-24-16-18-26(19-17-24)31(25-14-8-3-9-15-25)28(33)27(32)30(20-22-10-4-1-5-11-22)21-23-12-6-2-7-13-23/h1-19H,20-21,29H2. The van der Waals surface area contributed by atoms with E-state index in [1.165, 1.54) is 4.90 Å². The number of rotatable bonds is 6. The Hall–Kier alpha value is -4.38. The molecule has 0 bridgehead atoms. The van der Waals surface area contributed by atoms with Crippen LogP contribution < -0.4 is 10.6 Å². The Labute approximate surface area is 193 Å². The summed E-state index contributed by atoms with van der Waals surface area (Å²) in [5, 5.41) is 0. The third-order valence-corrected chi connectivity index (χ3v) is 5.27. The van der Waals surface area contributed by atoms with Crippen LogP contribution in [-0.4, -0.2) is 16.7 Å². The van der Waals surface area contributed by atoms with Crippen LogP contribution in [0.5, 0.6) is 0 Å². The summed E-state index contributed by atoms with van der Waals surface area (Å²) >= 11 is 0. The summed E-state index contributed by atoms with van der Waals surface area (Å²) in [4.78, 5) is 30.3. The van der Waals surface area contributed by atoms with Gasteiger partial charge in [-0.05, 0) is 47.5 Å². The van der Waals surface area contributed by atoms with E-state index in [-0.39, 0.29) is 0 Å². The SMILES string of the molecule is Nc1ccc(N(C(=O)C(=O)N(Cc2ccccc2)Cc2ccccc2)c2ccccc2)cc1. The maximum absolute atomic E-state index is 13.7. The van der Waals surface area contributed by atoms with Gasteiger partial charge in [-0.1, -0.05) is 78.9 Å². The zero-order chi connectivity index (χ0) is 23.0. The molecule has 2 N–H and O–H groups in total. The second-order valence-corrected chi connectivity index (χ2v) is 7.70. The molecule has 0 fully saturated rings. The Balaban J connectivity index is 1.68. The van der Waals surface area contributed by atoms with Gasteiger partial charge in [-0.2, -0.15) is 0 Å². The van der Waals surface area contributed by atoms with Gasteiger partial charge in [0.25, 0.3) is 0 Å². The summed E-state index contributed by atoms with van der Waals surface area (Å²) in [6.45, 7) is 0.648. The minimum atomic E-state index is -0.627. The molecule has 4 aromatic carbocycles. The number of hydrogen-bond acceptors (Lipinski definition) is 3. The zero-order valence-electron chi connectivity index (χ0n) is 18.2. The smallest absolute Gasteiger partial charge is 0.321 e. The summed E-state index contributed by atoms with van der Waals surface area (Å²) < 4.78 is 0. The molecule has 0 aliphatic carbocycles. The molecule has 4 aromatic rings. The predicted octanol–water partition coefficient (Wildman–Crippen LogP) is 5.16. The zero-order valence-corrected chi connectivity index (χ0v) is 18.2. The van der Waals surface area contributed by atoms with Gasteiger partial charge >= 0.3 is 11.8 Å². The van der Waals surface area contributed by atoms with Crippen LogP contribution in [0.4, 0.5) is 17.1 Å². The minimum absolute atomic E-state index is 0.324. The van der Waals surface area contributed by atoms with Crippen molar-refractivity contribution in [2.75, 3.05) is 10.6 Å². The van der Waals surface area contributed by atoms with E-state index in [9.17, 15) is 9.59 Å². The van der Waals surface area contributed by atoms with E-state index in [0.717, 1.165) is 11.1 Å². The Morgan fingerprint density at radius 1 is 0.545 bits per heavy atom. The molecule has 0 aliphatic rings. The van der Waals surface area contributed by atoms with E-state index in [0.29, 0.717) is 30.2 Å². The molecular formula is C28H25N3O2. The molecule has 5 heteroatoms. The van der Waals surface area contributed by atoms with Crippen LogP contribution in [0.2, 0.25) is 0 Å².